The first-order chi connectivity index (χ1) is 15.2. The van der Waals surface area contributed by atoms with E-state index in [1.807, 2.05) is 19.1 Å². The van der Waals surface area contributed by atoms with Crippen molar-refractivity contribution >= 4 is 11.7 Å². The van der Waals surface area contributed by atoms with Gasteiger partial charge < -0.3 is 9.75 Å². The van der Waals surface area contributed by atoms with Crippen LogP contribution in [0, 0.1) is 0 Å². The van der Waals surface area contributed by atoms with Crippen molar-refractivity contribution in [3.05, 3.63) is 102 Å². The molecule has 162 valence electrons. The molecule has 4 heteroatoms. The van der Waals surface area contributed by atoms with E-state index < -0.39 is 0 Å². The number of hydrazine groups is 1. The lowest BCUT2D eigenvalue weighted by Gasteiger charge is -2.37. The minimum atomic E-state index is -0.185. The predicted octanol–water partition coefficient (Wildman–Crippen LogP) is 5.63. The molecule has 0 fully saturated rings. The van der Waals surface area contributed by atoms with E-state index in [1.165, 1.54) is 11.1 Å². The monoisotopic (exact) mass is 416 g/mol. The van der Waals surface area contributed by atoms with Crippen molar-refractivity contribution in [2.75, 3.05) is 18.2 Å². The molecular weight excluding hydrogens is 384 g/mol. The Bertz CT molecular complexity index is 869. The van der Waals surface area contributed by atoms with E-state index in [0.717, 1.165) is 37.3 Å². The van der Waals surface area contributed by atoms with Gasteiger partial charge in [-0.05, 0) is 42.2 Å². The molecule has 0 aromatic heterocycles. The van der Waals surface area contributed by atoms with Gasteiger partial charge in [0, 0.05) is 19.6 Å². The molecule has 0 spiro atoms. The third kappa shape index (κ3) is 6.97. The molecule has 0 saturated heterocycles. The summed E-state index contributed by atoms with van der Waals surface area (Å²) in [5.41, 5.74) is 4.65. The topological polar surface area (TPSA) is 32.8 Å². The fourth-order valence-electron chi connectivity index (χ4n) is 3.63. The van der Waals surface area contributed by atoms with Gasteiger partial charge in [0.2, 0.25) is 0 Å². The molecule has 4 nitrogen and oxygen atoms in total. The SMILES string of the molecule is CCCN(c1ccc(CC(=O)OCC)cc1)N(Cc1ccccc1)Cc1ccccc1. The molecule has 0 aliphatic heterocycles. The fraction of sp³-hybridized carbons (Fsp3) is 0.296. The highest BCUT2D eigenvalue weighted by atomic mass is 16.5. The Morgan fingerprint density at radius 1 is 0.742 bits per heavy atom. The van der Waals surface area contributed by atoms with Crippen molar-refractivity contribution in [3.63, 3.8) is 0 Å². The van der Waals surface area contributed by atoms with Crippen LogP contribution in [0.1, 0.15) is 37.0 Å². The van der Waals surface area contributed by atoms with Gasteiger partial charge in [0.25, 0.3) is 0 Å². The number of benzene rings is 3. The molecule has 3 aromatic rings. The third-order valence-electron chi connectivity index (χ3n) is 5.08. The van der Waals surface area contributed by atoms with Crippen molar-refractivity contribution < 1.29 is 9.53 Å². The molecule has 3 aromatic carbocycles. The molecule has 0 bridgehead atoms. The van der Waals surface area contributed by atoms with E-state index in [0.29, 0.717) is 13.0 Å². The Labute approximate surface area is 186 Å². The second-order valence-corrected chi connectivity index (χ2v) is 7.57. The summed E-state index contributed by atoms with van der Waals surface area (Å²) < 4.78 is 5.08. The van der Waals surface area contributed by atoms with E-state index in [1.54, 1.807) is 0 Å². The Hall–Kier alpha value is -3.11. The van der Waals surface area contributed by atoms with Gasteiger partial charge in [-0.25, -0.2) is 5.01 Å². The van der Waals surface area contributed by atoms with Crippen LogP contribution in [0.3, 0.4) is 0 Å². The normalized spacial score (nSPS) is 10.8. The van der Waals surface area contributed by atoms with E-state index in [-0.39, 0.29) is 5.97 Å². The standard InChI is InChI=1S/C27H32N2O2/c1-3-19-29(26-17-15-23(16-18-26)20-27(30)31-4-2)28(21-24-11-7-5-8-12-24)22-25-13-9-6-10-14-25/h5-18H,3-4,19-22H2,1-2H3. The van der Waals surface area contributed by atoms with Gasteiger partial charge in [0.1, 0.15) is 0 Å². The van der Waals surface area contributed by atoms with Gasteiger partial charge in [-0.3, -0.25) is 4.79 Å². The number of carbonyl (C=O) groups excluding carboxylic acids is 1. The average Bonchev–Trinajstić information content (AvgIpc) is 2.79. The first-order valence-electron chi connectivity index (χ1n) is 11.0. The Balaban J connectivity index is 1.84. The molecule has 0 radical (unpaired) electrons. The summed E-state index contributed by atoms with van der Waals surface area (Å²) in [5, 5.41) is 4.75. The molecule has 0 unspecified atom stereocenters. The number of esters is 1. The highest BCUT2D eigenvalue weighted by Crippen LogP contribution is 2.22. The third-order valence-corrected chi connectivity index (χ3v) is 5.08. The van der Waals surface area contributed by atoms with Crippen LogP contribution in [-0.4, -0.2) is 24.1 Å². The lowest BCUT2D eigenvalue weighted by Crippen LogP contribution is -2.42. The molecule has 0 aliphatic carbocycles. The van der Waals surface area contributed by atoms with Gasteiger partial charge in [-0.15, -0.1) is 0 Å². The van der Waals surface area contributed by atoms with Crippen LogP contribution in [-0.2, 0) is 29.0 Å². The Morgan fingerprint density at radius 2 is 1.29 bits per heavy atom. The van der Waals surface area contributed by atoms with Crippen LogP contribution in [0.15, 0.2) is 84.9 Å². The summed E-state index contributed by atoms with van der Waals surface area (Å²) in [6, 6.07) is 29.4. The lowest BCUT2D eigenvalue weighted by atomic mass is 10.1. The minimum absolute atomic E-state index is 0.185. The van der Waals surface area contributed by atoms with Crippen LogP contribution in [0.5, 0.6) is 0 Å². The number of hydrogen-bond acceptors (Lipinski definition) is 4. The summed E-state index contributed by atoms with van der Waals surface area (Å²) in [7, 11) is 0. The first-order valence-corrected chi connectivity index (χ1v) is 11.0. The zero-order valence-electron chi connectivity index (χ0n) is 18.5. The highest BCUT2D eigenvalue weighted by Gasteiger charge is 2.17. The maximum absolute atomic E-state index is 11.8. The van der Waals surface area contributed by atoms with Crippen molar-refractivity contribution in [1.82, 2.24) is 5.01 Å². The molecule has 0 atom stereocenters. The summed E-state index contributed by atoms with van der Waals surface area (Å²) in [5.74, 6) is -0.185. The molecule has 0 amide bonds. The maximum atomic E-state index is 11.8. The first kappa shape index (κ1) is 22.6. The van der Waals surface area contributed by atoms with E-state index in [9.17, 15) is 4.79 Å². The number of hydrogen-bond donors (Lipinski definition) is 0. The van der Waals surface area contributed by atoms with E-state index >= 15 is 0 Å². The number of anilines is 1. The zero-order chi connectivity index (χ0) is 21.9. The average molecular weight is 417 g/mol. The molecule has 3 rings (SSSR count). The summed E-state index contributed by atoms with van der Waals surface area (Å²) in [6.45, 7) is 7.00. The van der Waals surface area contributed by atoms with Crippen LogP contribution in [0.4, 0.5) is 5.69 Å². The van der Waals surface area contributed by atoms with Gasteiger partial charge in [0.15, 0.2) is 0 Å². The van der Waals surface area contributed by atoms with Gasteiger partial charge in [-0.1, -0.05) is 79.7 Å². The van der Waals surface area contributed by atoms with Crippen LogP contribution in [0.2, 0.25) is 0 Å². The Morgan fingerprint density at radius 3 is 1.77 bits per heavy atom. The maximum Gasteiger partial charge on any atom is 0.310 e. The molecule has 0 N–H and O–H groups in total. The van der Waals surface area contributed by atoms with Gasteiger partial charge >= 0.3 is 5.97 Å². The molecule has 0 aliphatic rings. The fourth-order valence-corrected chi connectivity index (χ4v) is 3.63. The summed E-state index contributed by atoms with van der Waals surface area (Å²) in [6.07, 6.45) is 1.34. The van der Waals surface area contributed by atoms with E-state index in [4.69, 9.17) is 4.74 Å². The Kier molecular flexibility index (Phi) is 8.68. The molecule has 31 heavy (non-hydrogen) atoms. The number of carbonyl (C=O) groups is 1. The van der Waals surface area contributed by atoms with Crippen LogP contribution < -0.4 is 5.01 Å². The van der Waals surface area contributed by atoms with E-state index in [2.05, 4.69) is 89.7 Å². The molecular formula is C27H32N2O2. The molecule has 0 heterocycles. The highest BCUT2D eigenvalue weighted by molar-refractivity contribution is 5.72. The number of nitrogens with zero attached hydrogens (tertiary/aromatic N) is 2. The minimum Gasteiger partial charge on any atom is -0.466 e. The number of rotatable bonds is 11. The number of ether oxygens (including phenoxy) is 1. The van der Waals surface area contributed by atoms with Gasteiger partial charge in [0.05, 0.1) is 18.7 Å². The zero-order valence-corrected chi connectivity index (χ0v) is 18.5. The van der Waals surface area contributed by atoms with Crippen molar-refractivity contribution in [2.24, 2.45) is 0 Å². The summed E-state index contributed by atoms with van der Waals surface area (Å²) in [4.78, 5) is 11.8. The van der Waals surface area contributed by atoms with Gasteiger partial charge in [-0.2, -0.15) is 0 Å². The second-order valence-electron chi connectivity index (χ2n) is 7.57. The van der Waals surface area contributed by atoms with Crippen LogP contribution in [0.25, 0.3) is 0 Å². The smallest absolute Gasteiger partial charge is 0.310 e. The largest absolute Gasteiger partial charge is 0.466 e. The van der Waals surface area contributed by atoms with Crippen molar-refractivity contribution in [2.45, 2.75) is 39.8 Å². The van der Waals surface area contributed by atoms with Crippen molar-refractivity contribution in [3.8, 4) is 0 Å². The van der Waals surface area contributed by atoms with Crippen molar-refractivity contribution in [1.29, 1.82) is 0 Å². The summed E-state index contributed by atoms with van der Waals surface area (Å²) >= 11 is 0. The molecule has 0 saturated carbocycles. The predicted molar refractivity (Wildman–Crippen MR) is 127 cm³/mol. The quantitative estimate of drug-likeness (QED) is 0.300. The second kappa shape index (κ2) is 11.9. The van der Waals surface area contributed by atoms with Crippen LogP contribution >= 0.6 is 0 Å². The lowest BCUT2D eigenvalue weighted by molar-refractivity contribution is -0.142.